The Labute approximate surface area is 130 Å². The lowest BCUT2D eigenvalue weighted by Gasteiger charge is -2.29. The zero-order valence-electron chi connectivity index (χ0n) is 12.3. The van der Waals surface area contributed by atoms with Gasteiger partial charge in [-0.1, -0.05) is 23.7 Å². The zero-order valence-corrected chi connectivity index (χ0v) is 13.0. The number of rotatable bonds is 7. The molecule has 21 heavy (non-hydrogen) atoms. The van der Waals surface area contributed by atoms with Crippen LogP contribution in [0.5, 0.6) is 0 Å². The van der Waals surface area contributed by atoms with Crippen LogP contribution in [-0.2, 0) is 16.1 Å². The number of ether oxygens (including phenoxy) is 1. The van der Waals surface area contributed by atoms with Crippen LogP contribution in [0, 0.1) is 0 Å². The van der Waals surface area contributed by atoms with Crippen LogP contribution in [0.2, 0.25) is 5.02 Å². The summed E-state index contributed by atoms with van der Waals surface area (Å²) in [7, 11) is 1.41. The van der Waals surface area contributed by atoms with Gasteiger partial charge in [-0.2, -0.15) is 0 Å². The Morgan fingerprint density at radius 1 is 1.48 bits per heavy atom. The molecule has 6 heteroatoms. The molecule has 0 radical (unpaired) electrons. The van der Waals surface area contributed by atoms with E-state index in [0.717, 1.165) is 31.1 Å². The molecule has 0 bridgehead atoms. The molecule has 2 rings (SSSR count). The average Bonchev–Trinajstić information content (AvgIpc) is 3.02. The summed E-state index contributed by atoms with van der Waals surface area (Å²) in [5.41, 5.74) is 4.54. The standard InChI is InChI=1S/C15H22ClN3O2/c1-21-15(20)7-9-18-19(14-6-8-17-10-14)11-12-2-4-13(16)5-3-12/h2-5,14,17-18H,6-11H2,1H3. The number of carbonyl (C=O) groups is 1. The highest BCUT2D eigenvalue weighted by Gasteiger charge is 2.22. The van der Waals surface area contributed by atoms with E-state index in [4.69, 9.17) is 11.6 Å². The highest BCUT2D eigenvalue weighted by molar-refractivity contribution is 6.30. The molecule has 2 N–H and O–H groups in total. The molecule has 1 heterocycles. The van der Waals surface area contributed by atoms with Crippen molar-refractivity contribution in [2.24, 2.45) is 0 Å². The highest BCUT2D eigenvalue weighted by atomic mass is 35.5. The largest absolute Gasteiger partial charge is 0.469 e. The van der Waals surface area contributed by atoms with Gasteiger partial charge in [0.25, 0.3) is 0 Å². The smallest absolute Gasteiger partial charge is 0.306 e. The molecule has 0 aromatic heterocycles. The van der Waals surface area contributed by atoms with Gasteiger partial charge in [0.2, 0.25) is 0 Å². The van der Waals surface area contributed by atoms with Gasteiger partial charge in [-0.15, -0.1) is 0 Å². The Balaban J connectivity index is 1.91. The number of carbonyl (C=O) groups excluding carboxylic acids is 1. The average molecular weight is 312 g/mol. The first-order valence-corrected chi connectivity index (χ1v) is 7.59. The molecule has 0 amide bonds. The molecular formula is C15H22ClN3O2. The number of nitrogens with zero attached hydrogens (tertiary/aromatic N) is 1. The summed E-state index contributed by atoms with van der Waals surface area (Å²) < 4.78 is 4.66. The number of nitrogens with one attached hydrogen (secondary N) is 2. The van der Waals surface area contributed by atoms with Crippen LogP contribution in [-0.4, -0.2) is 43.8 Å². The summed E-state index contributed by atoms with van der Waals surface area (Å²) in [6.45, 7) is 3.35. The summed E-state index contributed by atoms with van der Waals surface area (Å²) >= 11 is 5.92. The van der Waals surface area contributed by atoms with Crippen LogP contribution in [0.1, 0.15) is 18.4 Å². The summed E-state index contributed by atoms with van der Waals surface area (Å²) in [6.07, 6.45) is 1.46. The summed E-state index contributed by atoms with van der Waals surface area (Å²) in [6, 6.07) is 8.28. The molecule has 1 aliphatic rings. The second-order valence-electron chi connectivity index (χ2n) is 5.14. The molecular weight excluding hydrogens is 290 g/mol. The molecule has 1 saturated heterocycles. The Kier molecular flexibility index (Phi) is 6.45. The van der Waals surface area contributed by atoms with Gasteiger partial charge in [0.1, 0.15) is 0 Å². The molecule has 1 aromatic carbocycles. The van der Waals surface area contributed by atoms with E-state index in [1.54, 1.807) is 0 Å². The maximum atomic E-state index is 11.2. The molecule has 0 aliphatic carbocycles. The third-order valence-electron chi connectivity index (χ3n) is 3.61. The maximum Gasteiger partial charge on any atom is 0.306 e. The monoisotopic (exact) mass is 311 g/mol. The second-order valence-corrected chi connectivity index (χ2v) is 5.57. The van der Waals surface area contributed by atoms with Gasteiger partial charge in [-0.3, -0.25) is 10.2 Å². The Bertz CT molecular complexity index is 447. The van der Waals surface area contributed by atoms with E-state index in [1.807, 2.05) is 24.3 Å². The zero-order chi connectivity index (χ0) is 15.1. The van der Waals surface area contributed by atoms with Gasteiger partial charge < -0.3 is 10.1 Å². The first-order valence-electron chi connectivity index (χ1n) is 7.21. The normalized spacial score (nSPS) is 18.1. The van der Waals surface area contributed by atoms with E-state index < -0.39 is 0 Å². The van der Waals surface area contributed by atoms with Crippen LogP contribution < -0.4 is 10.7 Å². The van der Waals surface area contributed by atoms with E-state index in [1.165, 1.54) is 12.7 Å². The molecule has 1 atom stereocenters. The van der Waals surface area contributed by atoms with Crippen molar-refractivity contribution in [2.75, 3.05) is 26.7 Å². The Morgan fingerprint density at radius 3 is 2.86 bits per heavy atom. The molecule has 1 fully saturated rings. The predicted octanol–water partition coefficient (Wildman–Crippen LogP) is 1.57. The number of esters is 1. The number of methoxy groups -OCH3 is 1. The Morgan fingerprint density at radius 2 is 2.24 bits per heavy atom. The van der Waals surface area contributed by atoms with Gasteiger partial charge in [-0.25, -0.2) is 5.01 Å². The molecule has 0 saturated carbocycles. The minimum Gasteiger partial charge on any atom is -0.469 e. The summed E-state index contributed by atoms with van der Waals surface area (Å²) in [4.78, 5) is 11.2. The molecule has 1 unspecified atom stereocenters. The van der Waals surface area contributed by atoms with Crippen molar-refractivity contribution in [1.29, 1.82) is 0 Å². The van der Waals surface area contributed by atoms with Crippen LogP contribution >= 0.6 is 11.6 Å². The van der Waals surface area contributed by atoms with E-state index in [-0.39, 0.29) is 5.97 Å². The van der Waals surface area contributed by atoms with Crippen LogP contribution in [0.25, 0.3) is 0 Å². The molecule has 5 nitrogen and oxygen atoms in total. The van der Waals surface area contributed by atoms with Crippen molar-refractivity contribution < 1.29 is 9.53 Å². The van der Waals surface area contributed by atoms with Crippen molar-refractivity contribution in [1.82, 2.24) is 15.8 Å². The van der Waals surface area contributed by atoms with Crippen molar-refractivity contribution >= 4 is 17.6 Å². The predicted molar refractivity (Wildman–Crippen MR) is 82.9 cm³/mol. The fraction of sp³-hybridized carbons (Fsp3) is 0.533. The number of halogens is 1. The van der Waals surface area contributed by atoms with E-state index in [2.05, 4.69) is 20.5 Å². The van der Waals surface area contributed by atoms with E-state index >= 15 is 0 Å². The summed E-state index contributed by atoms with van der Waals surface area (Å²) in [5, 5.41) is 6.31. The Hall–Kier alpha value is -1.14. The number of benzene rings is 1. The van der Waals surface area contributed by atoms with Gasteiger partial charge in [0, 0.05) is 30.7 Å². The van der Waals surface area contributed by atoms with Gasteiger partial charge in [-0.05, 0) is 30.7 Å². The minimum atomic E-state index is -0.196. The fourth-order valence-corrected chi connectivity index (χ4v) is 2.54. The van der Waals surface area contributed by atoms with E-state index in [0.29, 0.717) is 19.0 Å². The number of hydrogen-bond donors (Lipinski definition) is 2. The molecule has 1 aliphatic heterocycles. The third-order valence-corrected chi connectivity index (χ3v) is 3.86. The van der Waals surface area contributed by atoms with Crippen LogP contribution in [0.4, 0.5) is 0 Å². The topological polar surface area (TPSA) is 53.6 Å². The minimum absolute atomic E-state index is 0.196. The quantitative estimate of drug-likeness (QED) is 0.591. The first kappa shape index (κ1) is 16.2. The molecule has 116 valence electrons. The summed E-state index contributed by atoms with van der Waals surface area (Å²) in [5.74, 6) is -0.196. The van der Waals surface area contributed by atoms with Crippen LogP contribution in [0.3, 0.4) is 0 Å². The second kappa shape index (κ2) is 8.34. The highest BCUT2D eigenvalue weighted by Crippen LogP contribution is 2.14. The van der Waals surface area contributed by atoms with E-state index in [9.17, 15) is 4.79 Å². The van der Waals surface area contributed by atoms with Crippen molar-refractivity contribution in [3.8, 4) is 0 Å². The van der Waals surface area contributed by atoms with Gasteiger partial charge in [0.15, 0.2) is 0 Å². The lowest BCUT2D eigenvalue weighted by Crippen LogP contribution is -2.46. The first-order chi connectivity index (χ1) is 10.2. The lowest BCUT2D eigenvalue weighted by atomic mass is 10.2. The maximum absolute atomic E-state index is 11.2. The third kappa shape index (κ3) is 5.28. The SMILES string of the molecule is COC(=O)CCNN(Cc1ccc(Cl)cc1)C1CCNC1. The molecule has 1 aromatic rings. The van der Waals surface area contributed by atoms with Crippen molar-refractivity contribution in [3.63, 3.8) is 0 Å². The van der Waals surface area contributed by atoms with Gasteiger partial charge in [0.05, 0.1) is 13.5 Å². The van der Waals surface area contributed by atoms with Crippen molar-refractivity contribution in [2.45, 2.75) is 25.4 Å². The molecule has 0 spiro atoms. The lowest BCUT2D eigenvalue weighted by molar-refractivity contribution is -0.140. The fourth-order valence-electron chi connectivity index (χ4n) is 2.41. The number of hydrogen-bond acceptors (Lipinski definition) is 5. The number of hydrazine groups is 1. The van der Waals surface area contributed by atoms with Crippen molar-refractivity contribution in [3.05, 3.63) is 34.9 Å². The van der Waals surface area contributed by atoms with Gasteiger partial charge >= 0.3 is 5.97 Å². The van der Waals surface area contributed by atoms with Crippen LogP contribution in [0.15, 0.2) is 24.3 Å².